The second-order valence-electron chi connectivity index (χ2n) is 5.27. The van der Waals surface area contributed by atoms with Gasteiger partial charge < -0.3 is 17.7 Å². The summed E-state index contributed by atoms with van der Waals surface area (Å²) >= 11 is 0. The van der Waals surface area contributed by atoms with E-state index in [1.807, 2.05) is 0 Å². The van der Waals surface area contributed by atoms with E-state index < -0.39 is 17.1 Å². The molecule has 1 saturated carbocycles. The van der Waals surface area contributed by atoms with E-state index in [1.54, 1.807) is 28.4 Å². The van der Waals surface area contributed by atoms with Crippen LogP contribution < -0.4 is 0 Å². The molecule has 0 atom stereocenters. The molecule has 0 aromatic rings. The minimum Gasteiger partial charge on any atom is -0.398 e. The quantitative estimate of drug-likeness (QED) is 0.676. The summed E-state index contributed by atoms with van der Waals surface area (Å²) in [5.74, 6) is 0. The van der Waals surface area contributed by atoms with Crippen molar-refractivity contribution in [3.63, 3.8) is 0 Å². The Balaban J connectivity index is 2.84. The van der Waals surface area contributed by atoms with Crippen molar-refractivity contribution in [3.8, 4) is 0 Å². The summed E-state index contributed by atoms with van der Waals surface area (Å²) in [7, 11) is 2.71. The largest absolute Gasteiger partial charge is 0.398 e. The van der Waals surface area contributed by atoms with Crippen LogP contribution in [0.2, 0.25) is 17.8 Å². The van der Waals surface area contributed by atoms with Crippen molar-refractivity contribution < 1.29 is 17.7 Å². The monoisotopic (exact) mass is 292 g/mol. The first-order chi connectivity index (χ1) is 8.55. The first-order valence-electron chi connectivity index (χ1n) is 6.76. The van der Waals surface area contributed by atoms with Crippen molar-refractivity contribution in [2.24, 2.45) is 0 Å². The summed E-state index contributed by atoms with van der Waals surface area (Å²) in [6.45, 7) is 2.09. The van der Waals surface area contributed by atoms with Crippen molar-refractivity contribution in [3.05, 3.63) is 0 Å². The second-order valence-corrected chi connectivity index (χ2v) is 13.0. The lowest BCUT2D eigenvalue weighted by Crippen LogP contribution is -2.54. The molecule has 0 aliphatic heterocycles. The number of rotatable bonds is 7. The van der Waals surface area contributed by atoms with Gasteiger partial charge in [-0.25, -0.2) is 0 Å². The summed E-state index contributed by atoms with van der Waals surface area (Å²) in [5, 5.41) is 0. The predicted molar refractivity (Wildman–Crippen MR) is 77.1 cm³/mol. The molecule has 1 aliphatic rings. The van der Waals surface area contributed by atoms with Crippen LogP contribution in [0.5, 0.6) is 0 Å². The Morgan fingerprint density at radius 1 is 0.833 bits per heavy atom. The third kappa shape index (κ3) is 3.64. The fraction of sp³-hybridized carbons (Fsp3) is 1.00. The van der Waals surface area contributed by atoms with E-state index in [0.717, 1.165) is 5.67 Å². The van der Waals surface area contributed by atoms with Gasteiger partial charge in [0, 0.05) is 39.6 Å². The van der Waals surface area contributed by atoms with E-state index in [1.165, 1.54) is 32.1 Å². The van der Waals surface area contributed by atoms with Crippen molar-refractivity contribution in [2.45, 2.75) is 49.9 Å². The van der Waals surface area contributed by atoms with Crippen LogP contribution in [0.15, 0.2) is 0 Å². The lowest BCUT2D eigenvalue weighted by molar-refractivity contribution is 0.205. The van der Waals surface area contributed by atoms with E-state index >= 15 is 0 Å². The predicted octanol–water partition coefficient (Wildman–Crippen LogP) is 2.96. The first-order valence-corrected chi connectivity index (χ1v) is 11.4. The Morgan fingerprint density at radius 3 is 1.72 bits per heavy atom. The van der Waals surface area contributed by atoms with E-state index in [0.29, 0.717) is 5.54 Å². The highest BCUT2D eigenvalue weighted by Crippen LogP contribution is 2.41. The lowest BCUT2D eigenvalue weighted by atomic mass is 10.0. The average molecular weight is 293 g/mol. The summed E-state index contributed by atoms with van der Waals surface area (Å²) in [6.07, 6.45) is 6.39. The maximum atomic E-state index is 5.92. The van der Waals surface area contributed by atoms with Crippen molar-refractivity contribution in [1.82, 2.24) is 0 Å². The minimum absolute atomic E-state index is 0.582. The van der Waals surface area contributed by atoms with Gasteiger partial charge in [-0.2, -0.15) is 0 Å². The molecule has 1 fully saturated rings. The topological polar surface area (TPSA) is 36.9 Å². The Bertz CT molecular complexity index is 236. The lowest BCUT2D eigenvalue weighted by Gasteiger charge is -2.40. The van der Waals surface area contributed by atoms with Gasteiger partial charge in [0.15, 0.2) is 0 Å². The van der Waals surface area contributed by atoms with Crippen LogP contribution in [0.3, 0.4) is 0 Å². The molecule has 18 heavy (non-hydrogen) atoms. The molecule has 0 unspecified atom stereocenters. The van der Waals surface area contributed by atoms with Crippen LogP contribution in [-0.4, -0.2) is 45.6 Å². The number of hydrogen-bond donors (Lipinski definition) is 0. The highest BCUT2D eigenvalue weighted by Gasteiger charge is 2.51. The van der Waals surface area contributed by atoms with Crippen LogP contribution in [0.4, 0.5) is 0 Å². The van der Waals surface area contributed by atoms with Crippen LogP contribution in [0, 0.1) is 0 Å². The first kappa shape index (κ1) is 16.3. The summed E-state index contributed by atoms with van der Waals surface area (Å²) in [5.41, 5.74) is 1.43. The van der Waals surface area contributed by atoms with Gasteiger partial charge in [0.05, 0.1) is 0 Å². The third-order valence-corrected chi connectivity index (χ3v) is 13.8. The molecule has 6 heteroatoms. The average Bonchev–Trinajstić information content (AvgIpc) is 2.45. The standard InChI is InChI=1S/C12H28O4Si2/c1-13-17(5,14-2)11-18(15-3,16-4)12-9-7-6-8-10-12/h12H,6-11H2,1-5H3. The van der Waals surface area contributed by atoms with E-state index in [9.17, 15) is 0 Å². The summed E-state index contributed by atoms with van der Waals surface area (Å²) < 4.78 is 23.1. The van der Waals surface area contributed by atoms with Gasteiger partial charge in [-0.15, -0.1) is 0 Å². The maximum Gasteiger partial charge on any atom is 0.342 e. The Hall–Kier alpha value is 0.274. The van der Waals surface area contributed by atoms with Crippen molar-refractivity contribution in [1.29, 1.82) is 0 Å². The molecule has 108 valence electrons. The number of hydrogen-bond acceptors (Lipinski definition) is 4. The highest BCUT2D eigenvalue weighted by atomic mass is 28.4. The zero-order chi connectivity index (χ0) is 13.6. The fourth-order valence-electron chi connectivity index (χ4n) is 2.92. The second kappa shape index (κ2) is 7.16. The van der Waals surface area contributed by atoms with Gasteiger partial charge in [0.25, 0.3) is 0 Å². The SMILES string of the molecule is CO[Si](C)(C[Si](OC)(OC)C1CCCCC1)OC. The third-order valence-electron chi connectivity index (χ3n) is 4.35. The molecule has 1 rings (SSSR count). The van der Waals surface area contributed by atoms with E-state index in [4.69, 9.17) is 17.7 Å². The van der Waals surface area contributed by atoms with Crippen LogP contribution >= 0.6 is 0 Å². The van der Waals surface area contributed by atoms with Gasteiger partial charge in [-0.1, -0.05) is 19.3 Å². The van der Waals surface area contributed by atoms with Gasteiger partial charge in [0.2, 0.25) is 0 Å². The van der Waals surface area contributed by atoms with Gasteiger partial charge in [-0.05, 0) is 19.4 Å². The molecule has 0 spiro atoms. The Kier molecular flexibility index (Phi) is 6.50. The molecule has 4 nitrogen and oxygen atoms in total. The molecule has 0 bridgehead atoms. The zero-order valence-corrected chi connectivity index (χ0v) is 14.5. The van der Waals surface area contributed by atoms with Crippen LogP contribution in [0.1, 0.15) is 32.1 Å². The van der Waals surface area contributed by atoms with E-state index in [-0.39, 0.29) is 0 Å². The van der Waals surface area contributed by atoms with Crippen LogP contribution in [0.25, 0.3) is 0 Å². The van der Waals surface area contributed by atoms with Gasteiger partial charge in [0.1, 0.15) is 0 Å². The Labute approximate surface area is 113 Å². The van der Waals surface area contributed by atoms with Crippen LogP contribution in [-0.2, 0) is 17.7 Å². The normalized spacial score (nSPS) is 19.2. The van der Waals surface area contributed by atoms with Crippen molar-refractivity contribution in [2.75, 3.05) is 28.4 Å². The molecule has 0 aromatic heterocycles. The smallest absolute Gasteiger partial charge is 0.342 e. The Morgan fingerprint density at radius 2 is 1.33 bits per heavy atom. The highest BCUT2D eigenvalue weighted by molar-refractivity contribution is 6.86. The summed E-state index contributed by atoms with van der Waals surface area (Å²) in [4.78, 5) is 0. The minimum atomic E-state index is -2.21. The van der Waals surface area contributed by atoms with Gasteiger partial charge in [-0.3, -0.25) is 0 Å². The molecular weight excluding hydrogens is 264 g/mol. The summed E-state index contributed by atoms with van der Waals surface area (Å²) in [6, 6.07) is 0. The molecule has 0 saturated heterocycles. The molecule has 0 heterocycles. The van der Waals surface area contributed by atoms with E-state index in [2.05, 4.69) is 6.55 Å². The molecular formula is C12H28O4Si2. The molecule has 0 amide bonds. The maximum absolute atomic E-state index is 5.92. The fourth-order valence-corrected chi connectivity index (χ4v) is 12.3. The van der Waals surface area contributed by atoms with Crippen molar-refractivity contribution >= 4 is 17.1 Å². The van der Waals surface area contributed by atoms with Gasteiger partial charge >= 0.3 is 17.1 Å². The zero-order valence-electron chi connectivity index (χ0n) is 12.5. The molecule has 0 N–H and O–H groups in total. The molecule has 0 radical (unpaired) electrons. The molecule has 0 aromatic carbocycles. The molecule has 1 aliphatic carbocycles.